The Morgan fingerprint density at radius 3 is 2.35 bits per heavy atom. The molecule has 100 valence electrons. The Balaban J connectivity index is 2.62. The molecular weight excluding hydrogens is 242 g/mol. The minimum atomic E-state index is -2.90. The van der Waals surface area contributed by atoms with E-state index in [1.54, 1.807) is 6.92 Å². The molecule has 1 saturated heterocycles. The first-order valence-electron chi connectivity index (χ1n) is 6.11. The molecule has 0 aromatic heterocycles. The van der Waals surface area contributed by atoms with E-state index in [1.807, 2.05) is 11.8 Å². The molecule has 1 unspecified atom stereocenters. The van der Waals surface area contributed by atoms with Crippen LogP contribution in [0.5, 0.6) is 0 Å². The van der Waals surface area contributed by atoms with E-state index < -0.39 is 9.84 Å². The second-order valence-corrected chi connectivity index (χ2v) is 6.55. The van der Waals surface area contributed by atoms with Crippen molar-refractivity contribution < 1.29 is 17.9 Å². The average molecular weight is 263 g/mol. The molecule has 0 radical (unpaired) electrons. The molecule has 1 aliphatic heterocycles. The summed E-state index contributed by atoms with van der Waals surface area (Å²) in [5.74, 6) is 0.0628. The lowest BCUT2D eigenvalue weighted by Gasteiger charge is -2.32. The van der Waals surface area contributed by atoms with E-state index in [9.17, 15) is 13.2 Å². The molecule has 0 aromatic carbocycles. The Hall–Kier alpha value is -0.620. The second kappa shape index (κ2) is 6.35. The molecule has 0 amide bonds. The molecule has 0 aromatic rings. The van der Waals surface area contributed by atoms with Gasteiger partial charge in [0, 0.05) is 13.1 Å². The summed E-state index contributed by atoms with van der Waals surface area (Å²) in [6, 6.07) is -0.282. The van der Waals surface area contributed by atoms with Gasteiger partial charge in [-0.15, -0.1) is 0 Å². The van der Waals surface area contributed by atoms with Crippen LogP contribution >= 0.6 is 0 Å². The van der Waals surface area contributed by atoms with Crippen LogP contribution in [0.1, 0.15) is 26.7 Å². The fourth-order valence-electron chi connectivity index (χ4n) is 2.00. The van der Waals surface area contributed by atoms with E-state index in [4.69, 9.17) is 4.74 Å². The molecule has 0 bridgehead atoms. The molecule has 0 spiro atoms. The maximum Gasteiger partial charge on any atom is 0.323 e. The van der Waals surface area contributed by atoms with Crippen LogP contribution in [0.3, 0.4) is 0 Å². The van der Waals surface area contributed by atoms with Crippen molar-refractivity contribution in [1.29, 1.82) is 0 Å². The number of carbonyl (C=O) groups excluding carboxylic acids is 1. The van der Waals surface area contributed by atoms with Crippen LogP contribution in [0.25, 0.3) is 0 Å². The maximum atomic E-state index is 11.8. The lowest BCUT2D eigenvalue weighted by atomic mass is 10.1. The van der Waals surface area contributed by atoms with Gasteiger partial charge in [-0.05, 0) is 13.3 Å². The first-order valence-corrected chi connectivity index (χ1v) is 7.93. The first-order chi connectivity index (χ1) is 8.00. The molecule has 1 fully saturated rings. The van der Waals surface area contributed by atoms with Crippen molar-refractivity contribution in [3.8, 4) is 0 Å². The number of rotatable bonds is 5. The third-order valence-corrected chi connectivity index (χ3v) is 4.55. The smallest absolute Gasteiger partial charge is 0.323 e. The summed E-state index contributed by atoms with van der Waals surface area (Å²) < 4.78 is 27.7. The monoisotopic (exact) mass is 263 g/mol. The van der Waals surface area contributed by atoms with Crippen molar-refractivity contribution in [2.75, 3.05) is 31.2 Å². The number of carbonyl (C=O) groups is 1. The van der Waals surface area contributed by atoms with E-state index in [0.717, 1.165) is 12.8 Å². The normalized spacial score (nSPS) is 22.0. The summed E-state index contributed by atoms with van der Waals surface area (Å²) >= 11 is 0. The summed E-state index contributed by atoms with van der Waals surface area (Å²) in [5, 5.41) is 0. The van der Waals surface area contributed by atoms with Crippen molar-refractivity contribution in [2.24, 2.45) is 0 Å². The van der Waals surface area contributed by atoms with E-state index in [0.29, 0.717) is 19.7 Å². The Bertz CT molecular complexity index is 338. The number of ether oxygens (including phenoxy) is 1. The average Bonchev–Trinajstić information content (AvgIpc) is 2.27. The number of sulfone groups is 1. The maximum absolute atomic E-state index is 11.8. The largest absolute Gasteiger partial charge is 0.465 e. The van der Waals surface area contributed by atoms with Gasteiger partial charge in [-0.2, -0.15) is 0 Å². The highest BCUT2D eigenvalue weighted by Crippen LogP contribution is 2.13. The summed E-state index contributed by atoms with van der Waals surface area (Å²) in [7, 11) is -2.90. The van der Waals surface area contributed by atoms with E-state index in [-0.39, 0.29) is 23.5 Å². The number of hydrogen-bond donors (Lipinski definition) is 0. The highest BCUT2D eigenvalue weighted by molar-refractivity contribution is 7.91. The van der Waals surface area contributed by atoms with Crippen LogP contribution in [-0.2, 0) is 19.4 Å². The summed E-state index contributed by atoms with van der Waals surface area (Å²) in [6.45, 7) is 5.03. The summed E-state index contributed by atoms with van der Waals surface area (Å²) in [5.41, 5.74) is 0. The fourth-order valence-corrected chi connectivity index (χ4v) is 3.23. The molecular formula is C11H21NO4S. The van der Waals surface area contributed by atoms with Gasteiger partial charge in [0.1, 0.15) is 6.04 Å². The fraction of sp³-hybridized carbons (Fsp3) is 0.909. The molecule has 0 aliphatic carbocycles. The molecule has 6 heteroatoms. The predicted octanol–water partition coefficient (Wildman–Crippen LogP) is 0.449. The molecule has 5 nitrogen and oxygen atoms in total. The quantitative estimate of drug-likeness (QED) is 0.674. The van der Waals surface area contributed by atoms with Crippen molar-refractivity contribution >= 4 is 15.8 Å². The molecule has 0 saturated carbocycles. The second-order valence-electron chi connectivity index (χ2n) is 4.24. The molecule has 1 atom stereocenters. The zero-order valence-electron chi connectivity index (χ0n) is 10.5. The highest BCUT2D eigenvalue weighted by Gasteiger charge is 2.31. The predicted molar refractivity (Wildman–Crippen MR) is 65.6 cm³/mol. The van der Waals surface area contributed by atoms with Gasteiger partial charge >= 0.3 is 5.97 Å². The first kappa shape index (κ1) is 14.4. The third-order valence-electron chi connectivity index (χ3n) is 2.94. The zero-order chi connectivity index (χ0) is 12.9. The molecule has 1 heterocycles. The van der Waals surface area contributed by atoms with Gasteiger partial charge in [0.05, 0.1) is 18.1 Å². The number of hydrogen-bond acceptors (Lipinski definition) is 5. The van der Waals surface area contributed by atoms with Gasteiger partial charge in [-0.1, -0.05) is 13.3 Å². The van der Waals surface area contributed by atoms with E-state index in [2.05, 4.69) is 0 Å². The minimum absolute atomic E-state index is 0.145. The summed E-state index contributed by atoms with van der Waals surface area (Å²) in [4.78, 5) is 13.7. The van der Waals surface area contributed by atoms with Gasteiger partial charge in [0.2, 0.25) is 0 Å². The van der Waals surface area contributed by atoms with Crippen molar-refractivity contribution in [3.05, 3.63) is 0 Å². The van der Waals surface area contributed by atoms with Gasteiger partial charge < -0.3 is 4.74 Å². The van der Waals surface area contributed by atoms with E-state index in [1.165, 1.54) is 0 Å². The van der Waals surface area contributed by atoms with Gasteiger partial charge in [-0.25, -0.2) is 8.42 Å². The van der Waals surface area contributed by atoms with Crippen LogP contribution in [-0.4, -0.2) is 56.5 Å². The van der Waals surface area contributed by atoms with Crippen molar-refractivity contribution in [2.45, 2.75) is 32.7 Å². The number of esters is 1. The Morgan fingerprint density at radius 2 is 1.88 bits per heavy atom. The van der Waals surface area contributed by atoms with Crippen LogP contribution < -0.4 is 0 Å². The SMILES string of the molecule is CCCC(C(=O)OCC)N1CCS(=O)(=O)CC1. The minimum Gasteiger partial charge on any atom is -0.465 e. The molecule has 17 heavy (non-hydrogen) atoms. The van der Waals surface area contributed by atoms with Gasteiger partial charge in [-0.3, -0.25) is 9.69 Å². The lowest BCUT2D eigenvalue weighted by Crippen LogP contribution is -2.49. The standard InChI is InChI=1S/C11H21NO4S/c1-3-5-10(11(13)16-4-2)12-6-8-17(14,15)9-7-12/h10H,3-9H2,1-2H3. The number of nitrogens with zero attached hydrogens (tertiary/aromatic N) is 1. The van der Waals surface area contributed by atoms with Crippen LogP contribution in [0.15, 0.2) is 0 Å². The Morgan fingerprint density at radius 1 is 1.29 bits per heavy atom. The lowest BCUT2D eigenvalue weighted by molar-refractivity contribution is -0.149. The molecule has 0 N–H and O–H groups in total. The van der Waals surface area contributed by atoms with Crippen LogP contribution in [0.2, 0.25) is 0 Å². The van der Waals surface area contributed by atoms with Crippen molar-refractivity contribution in [3.63, 3.8) is 0 Å². The highest BCUT2D eigenvalue weighted by atomic mass is 32.2. The summed E-state index contributed by atoms with van der Waals surface area (Å²) in [6.07, 6.45) is 1.60. The van der Waals surface area contributed by atoms with Crippen LogP contribution in [0, 0.1) is 0 Å². The van der Waals surface area contributed by atoms with E-state index >= 15 is 0 Å². The van der Waals surface area contributed by atoms with Gasteiger partial charge in [0.15, 0.2) is 9.84 Å². The zero-order valence-corrected chi connectivity index (χ0v) is 11.3. The molecule has 1 rings (SSSR count). The Labute approximate surface area is 103 Å². The molecule has 1 aliphatic rings. The van der Waals surface area contributed by atoms with Crippen molar-refractivity contribution in [1.82, 2.24) is 4.90 Å². The third kappa shape index (κ3) is 4.27. The van der Waals surface area contributed by atoms with Gasteiger partial charge in [0.25, 0.3) is 0 Å². The topological polar surface area (TPSA) is 63.7 Å². The van der Waals surface area contributed by atoms with Crippen LogP contribution in [0.4, 0.5) is 0 Å². The Kier molecular flexibility index (Phi) is 5.39.